The number of benzene rings is 4. The largest absolute Gasteiger partial charge is 0.309 e. The fourth-order valence-electron chi connectivity index (χ4n) is 5.49. The Morgan fingerprint density at radius 2 is 1.78 bits per heavy atom. The van der Waals surface area contributed by atoms with Crippen LogP contribution in [0.25, 0.3) is 49.4 Å². The van der Waals surface area contributed by atoms with Gasteiger partial charge in [0.1, 0.15) is 22.8 Å². The number of furan rings is 1. The van der Waals surface area contributed by atoms with E-state index in [2.05, 4.69) is 78.9 Å². The number of nitriles is 1. The smallest absolute Gasteiger partial charge is 0.272 e. The van der Waals surface area contributed by atoms with Crippen LogP contribution < -0.4 is 4.57 Å². The van der Waals surface area contributed by atoms with Crippen LogP contribution in [0, 0.1) is 24.3 Å². The zero-order valence-electron chi connectivity index (χ0n) is 19.7. The summed E-state index contributed by atoms with van der Waals surface area (Å²) in [5.41, 5.74) is 6.90. The van der Waals surface area contributed by atoms with E-state index in [-0.39, 0.29) is 0 Å². The van der Waals surface area contributed by atoms with E-state index in [1.807, 2.05) is 47.2 Å². The number of aryl methyl sites for hydroxylation is 1. The summed E-state index contributed by atoms with van der Waals surface area (Å²) < 4.78 is 10.6. The SMILES string of the molecule is C=[N+]1C=CC=C[C-]1c1c(C)ccc2c1[o+][c-]1c(C#N)c(-[n+]3c4ccccc4c4cccc[c-]43)ccc21. The minimum absolute atomic E-state index is 0.523. The Kier molecular flexibility index (Phi) is 4.24. The zero-order valence-corrected chi connectivity index (χ0v) is 19.7. The topological polar surface area (TPSA) is 42.0 Å². The van der Waals surface area contributed by atoms with Gasteiger partial charge in [0.2, 0.25) is 0 Å². The molecule has 4 nitrogen and oxygen atoms in total. The van der Waals surface area contributed by atoms with Gasteiger partial charge in [-0.3, -0.25) is 8.99 Å². The summed E-state index contributed by atoms with van der Waals surface area (Å²) in [5.74, 6) is 0. The first-order valence-electron chi connectivity index (χ1n) is 11.9. The minimum atomic E-state index is 0.523. The third-order valence-electron chi connectivity index (χ3n) is 7.13. The molecule has 0 atom stereocenters. The molecule has 0 fully saturated rings. The fraction of sp³-hybridized carbons (Fsp3) is 0.0312. The van der Waals surface area contributed by atoms with E-state index in [0.717, 1.165) is 61.0 Å². The Labute approximate surface area is 207 Å². The summed E-state index contributed by atoms with van der Waals surface area (Å²) in [6, 6.07) is 28.4. The molecular formula is C32H21N3O. The van der Waals surface area contributed by atoms with Crippen LogP contribution in [0.1, 0.15) is 16.7 Å². The molecule has 0 saturated heterocycles. The number of fused-ring (bicyclic) bond motifs is 6. The molecular weight excluding hydrogens is 442 g/mol. The van der Waals surface area contributed by atoms with Crippen LogP contribution >= 0.6 is 0 Å². The molecule has 3 heterocycles. The summed E-state index contributed by atoms with van der Waals surface area (Å²) in [5, 5.41) is 14.7. The molecule has 170 valence electrons. The first-order valence-corrected chi connectivity index (χ1v) is 11.9. The van der Waals surface area contributed by atoms with Crippen molar-refractivity contribution in [2.45, 2.75) is 6.92 Å². The van der Waals surface area contributed by atoms with Gasteiger partial charge in [-0.1, -0.05) is 55.0 Å². The first kappa shape index (κ1) is 20.4. The van der Waals surface area contributed by atoms with Crippen LogP contribution in [0.15, 0.2) is 102 Å². The number of hydrogen-bond acceptors (Lipinski definition) is 1. The van der Waals surface area contributed by atoms with Gasteiger partial charge in [0, 0.05) is 16.8 Å². The molecule has 0 unspecified atom stereocenters. The van der Waals surface area contributed by atoms with Crippen LogP contribution in [0.3, 0.4) is 0 Å². The molecule has 6 aromatic rings. The molecule has 1 aliphatic heterocycles. The van der Waals surface area contributed by atoms with Crippen molar-refractivity contribution in [3.05, 3.63) is 120 Å². The van der Waals surface area contributed by atoms with Crippen LogP contribution in [-0.2, 0) is 0 Å². The lowest BCUT2D eigenvalue weighted by Gasteiger charge is -2.16. The second-order valence-electron chi connectivity index (χ2n) is 9.11. The number of hydrogen-bond donors (Lipinski definition) is 0. The van der Waals surface area contributed by atoms with Gasteiger partial charge in [-0.05, 0) is 35.0 Å². The Morgan fingerprint density at radius 3 is 2.64 bits per heavy atom. The van der Waals surface area contributed by atoms with Gasteiger partial charge in [-0.15, -0.1) is 24.3 Å². The molecule has 2 aromatic heterocycles. The van der Waals surface area contributed by atoms with Gasteiger partial charge in [0.05, 0.1) is 12.3 Å². The van der Waals surface area contributed by atoms with E-state index in [4.69, 9.17) is 4.42 Å². The van der Waals surface area contributed by atoms with Gasteiger partial charge in [0.15, 0.2) is 11.7 Å². The monoisotopic (exact) mass is 463 g/mol. The highest BCUT2D eigenvalue weighted by atomic mass is 16.3. The highest BCUT2D eigenvalue weighted by Crippen LogP contribution is 2.39. The molecule has 0 saturated carbocycles. The van der Waals surface area contributed by atoms with Crippen molar-refractivity contribution >= 4 is 50.5 Å². The third-order valence-corrected chi connectivity index (χ3v) is 7.13. The number of aromatic nitrogens is 1. The number of para-hydroxylation sites is 2. The number of allylic oxidation sites excluding steroid dienone is 2. The highest BCUT2D eigenvalue weighted by molar-refractivity contribution is 6.09. The predicted octanol–water partition coefficient (Wildman–Crippen LogP) is 6.74. The maximum absolute atomic E-state index is 10.4. The summed E-state index contributed by atoms with van der Waals surface area (Å²) >= 11 is 0. The Morgan fingerprint density at radius 1 is 0.917 bits per heavy atom. The molecule has 0 spiro atoms. The van der Waals surface area contributed by atoms with Crippen molar-refractivity contribution in [2.24, 2.45) is 0 Å². The average molecular weight is 464 g/mol. The molecule has 0 aliphatic carbocycles. The lowest BCUT2D eigenvalue weighted by molar-refractivity contribution is -0.536. The summed E-state index contributed by atoms with van der Waals surface area (Å²) in [6.45, 7) is 6.23. The molecule has 1 aliphatic rings. The Hall–Kier alpha value is -5.01. The van der Waals surface area contributed by atoms with Crippen LogP contribution in [0.2, 0.25) is 0 Å². The maximum atomic E-state index is 10.4. The normalized spacial score (nSPS) is 13.4. The van der Waals surface area contributed by atoms with Gasteiger partial charge in [-0.25, -0.2) is 9.83 Å². The third kappa shape index (κ3) is 2.68. The maximum Gasteiger partial charge on any atom is 0.309 e. The van der Waals surface area contributed by atoms with Crippen molar-refractivity contribution < 1.29 is 13.6 Å². The zero-order chi connectivity index (χ0) is 24.4. The van der Waals surface area contributed by atoms with Crippen molar-refractivity contribution in [2.75, 3.05) is 0 Å². The van der Waals surface area contributed by atoms with Gasteiger partial charge < -0.3 is 0 Å². The Balaban J connectivity index is 1.57. The van der Waals surface area contributed by atoms with Crippen molar-refractivity contribution in [3.63, 3.8) is 0 Å². The summed E-state index contributed by atoms with van der Waals surface area (Å²) in [4.78, 5) is 0. The van der Waals surface area contributed by atoms with Crippen molar-refractivity contribution in [1.29, 1.82) is 5.26 Å². The molecule has 4 aromatic carbocycles. The van der Waals surface area contributed by atoms with E-state index in [9.17, 15) is 5.26 Å². The van der Waals surface area contributed by atoms with Crippen molar-refractivity contribution in [3.8, 4) is 11.8 Å². The lowest BCUT2D eigenvalue weighted by Crippen LogP contribution is -2.30. The number of rotatable bonds is 2. The fourth-order valence-corrected chi connectivity index (χ4v) is 5.49. The molecule has 0 N–H and O–H groups in total. The molecule has 7 rings (SSSR count). The van der Waals surface area contributed by atoms with Crippen LogP contribution in [0.5, 0.6) is 0 Å². The van der Waals surface area contributed by atoms with E-state index >= 15 is 0 Å². The second kappa shape index (κ2) is 7.49. The predicted molar refractivity (Wildman–Crippen MR) is 143 cm³/mol. The van der Waals surface area contributed by atoms with E-state index in [0.29, 0.717) is 11.1 Å². The second-order valence-corrected chi connectivity index (χ2v) is 9.11. The van der Waals surface area contributed by atoms with Crippen LogP contribution in [-0.4, -0.2) is 11.3 Å². The molecule has 36 heavy (non-hydrogen) atoms. The van der Waals surface area contributed by atoms with E-state index < -0.39 is 0 Å². The summed E-state index contributed by atoms with van der Waals surface area (Å²) in [7, 11) is 0. The van der Waals surface area contributed by atoms with Gasteiger partial charge >= 0.3 is 5.58 Å². The average Bonchev–Trinajstić information content (AvgIpc) is 3.44. The van der Waals surface area contributed by atoms with Crippen LogP contribution in [0.4, 0.5) is 0 Å². The van der Waals surface area contributed by atoms with Crippen molar-refractivity contribution in [1.82, 2.24) is 0 Å². The van der Waals surface area contributed by atoms with Gasteiger partial charge in [-0.2, -0.15) is 0 Å². The standard InChI is InChI=1S/C32H21N3O/c1-20-14-15-24-23-16-17-28(35-26-11-5-3-9-21(26)22-10-4-6-12-27(22)35)25(19-33)31(23)36-32(24)30(20)29-13-7-8-18-34(29)2/h3-18H,2H2,1H3. The quantitative estimate of drug-likeness (QED) is 0.162. The first-order chi connectivity index (χ1) is 17.7. The molecule has 0 radical (unpaired) electrons. The molecule has 0 amide bonds. The van der Waals surface area contributed by atoms with E-state index in [1.165, 1.54) is 0 Å². The molecule has 4 heteroatoms. The summed E-state index contributed by atoms with van der Waals surface area (Å²) in [6.07, 6.45) is 7.92. The molecule has 0 bridgehead atoms. The minimum Gasteiger partial charge on any atom is -0.272 e. The lowest BCUT2D eigenvalue weighted by atomic mass is 9.96. The number of nitrogens with zero attached hydrogens (tertiary/aromatic N) is 3. The van der Waals surface area contributed by atoms with E-state index in [1.54, 1.807) is 0 Å². The highest BCUT2D eigenvalue weighted by Gasteiger charge is 2.29. The Bertz CT molecular complexity index is 1940. The van der Waals surface area contributed by atoms with Gasteiger partial charge in [0.25, 0.3) is 5.58 Å².